The lowest BCUT2D eigenvalue weighted by Crippen LogP contribution is -1.98. The summed E-state index contributed by atoms with van der Waals surface area (Å²) in [4.78, 5) is 10.9. The standard InChI is InChI=1S/C14H10ClFO3/c1-19-13-5-3-9(15)7-11(13)10-6-8(14(17)18)2-4-12(10)16/h2-7H,1H3,(H,17,18). The van der Waals surface area contributed by atoms with Crippen LogP contribution in [0.25, 0.3) is 11.1 Å². The molecule has 0 unspecified atom stereocenters. The lowest BCUT2D eigenvalue weighted by Gasteiger charge is -2.10. The van der Waals surface area contributed by atoms with E-state index in [0.717, 1.165) is 6.07 Å². The van der Waals surface area contributed by atoms with Gasteiger partial charge in [0.2, 0.25) is 0 Å². The zero-order chi connectivity index (χ0) is 14.0. The molecule has 98 valence electrons. The number of halogens is 2. The van der Waals surface area contributed by atoms with Crippen LogP contribution >= 0.6 is 11.6 Å². The maximum absolute atomic E-state index is 13.9. The van der Waals surface area contributed by atoms with Crippen LogP contribution < -0.4 is 4.74 Å². The van der Waals surface area contributed by atoms with Crippen molar-refractivity contribution in [1.29, 1.82) is 0 Å². The minimum absolute atomic E-state index is 0.00146. The largest absolute Gasteiger partial charge is 0.496 e. The van der Waals surface area contributed by atoms with Crippen LogP contribution in [0.15, 0.2) is 36.4 Å². The van der Waals surface area contributed by atoms with E-state index in [0.29, 0.717) is 16.3 Å². The van der Waals surface area contributed by atoms with Gasteiger partial charge >= 0.3 is 5.97 Å². The lowest BCUT2D eigenvalue weighted by atomic mass is 10.0. The topological polar surface area (TPSA) is 46.5 Å². The van der Waals surface area contributed by atoms with Crippen LogP contribution in [0.2, 0.25) is 5.02 Å². The van der Waals surface area contributed by atoms with E-state index < -0.39 is 11.8 Å². The van der Waals surface area contributed by atoms with Gasteiger partial charge in [0.25, 0.3) is 0 Å². The van der Waals surface area contributed by atoms with Crippen molar-refractivity contribution in [2.24, 2.45) is 0 Å². The van der Waals surface area contributed by atoms with E-state index in [4.69, 9.17) is 21.4 Å². The number of ether oxygens (including phenoxy) is 1. The SMILES string of the molecule is COc1ccc(Cl)cc1-c1cc(C(=O)O)ccc1F. The summed E-state index contributed by atoms with van der Waals surface area (Å²) in [5, 5.41) is 9.36. The number of rotatable bonds is 3. The van der Waals surface area contributed by atoms with Gasteiger partial charge < -0.3 is 9.84 Å². The van der Waals surface area contributed by atoms with Crippen molar-refractivity contribution in [2.45, 2.75) is 0 Å². The highest BCUT2D eigenvalue weighted by atomic mass is 35.5. The Kier molecular flexibility index (Phi) is 3.71. The normalized spacial score (nSPS) is 10.3. The van der Waals surface area contributed by atoms with Gasteiger partial charge in [0.1, 0.15) is 11.6 Å². The van der Waals surface area contributed by atoms with Gasteiger partial charge in [0.15, 0.2) is 0 Å². The van der Waals surface area contributed by atoms with E-state index in [1.54, 1.807) is 12.1 Å². The fourth-order valence-electron chi connectivity index (χ4n) is 1.76. The smallest absolute Gasteiger partial charge is 0.335 e. The Balaban J connectivity index is 2.67. The van der Waals surface area contributed by atoms with Gasteiger partial charge in [-0.05, 0) is 36.4 Å². The predicted octanol–water partition coefficient (Wildman–Crippen LogP) is 3.85. The quantitative estimate of drug-likeness (QED) is 0.929. The lowest BCUT2D eigenvalue weighted by molar-refractivity contribution is 0.0697. The van der Waals surface area contributed by atoms with Gasteiger partial charge in [-0.1, -0.05) is 11.6 Å². The highest BCUT2D eigenvalue weighted by Crippen LogP contribution is 2.34. The summed E-state index contributed by atoms with van der Waals surface area (Å²) in [7, 11) is 1.45. The second-order valence-corrected chi connectivity index (χ2v) is 4.28. The molecule has 0 saturated heterocycles. The number of aromatic carboxylic acids is 1. The van der Waals surface area contributed by atoms with Crippen molar-refractivity contribution in [2.75, 3.05) is 7.11 Å². The van der Waals surface area contributed by atoms with E-state index in [2.05, 4.69) is 0 Å². The van der Waals surface area contributed by atoms with Gasteiger partial charge in [0.05, 0.1) is 12.7 Å². The van der Waals surface area contributed by atoms with Crippen LogP contribution in [-0.2, 0) is 0 Å². The summed E-state index contributed by atoms with van der Waals surface area (Å²) in [6.07, 6.45) is 0. The zero-order valence-corrected chi connectivity index (χ0v) is 10.7. The monoisotopic (exact) mass is 280 g/mol. The van der Waals surface area contributed by atoms with E-state index in [9.17, 15) is 9.18 Å². The molecule has 2 rings (SSSR count). The van der Waals surface area contributed by atoms with Gasteiger partial charge in [-0.2, -0.15) is 0 Å². The highest BCUT2D eigenvalue weighted by molar-refractivity contribution is 6.31. The van der Waals surface area contributed by atoms with Gasteiger partial charge in [-0.15, -0.1) is 0 Å². The van der Waals surface area contributed by atoms with Crippen molar-refractivity contribution in [1.82, 2.24) is 0 Å². The van der Waals surface area contributed by atoms with Crippen LogP contribution in [0.4, 0.5) is 4.39 Å². The third kappa shape index (κ3) is 2.69. The first-order chi connectivity index (χ1) is 9.02. The molecular formula is C14H10ClFO3. The molecule has 2 aromatic carbocycles. The van der Waals surface area contributed by atoms with E-state index >= 15 is 0 Å². The number of carboxylic acid groups (broad SMARTS) is 1. The summed E-state index contributed by atoms with van der Waals surface area (Å²) in [5.74, 6) is -1.24. The Morgan fingerprint density at radius 2 is 1.95 bits per heavy atom. The van der Waals surface area contributed by atoms with Gasteiger partial charge in [0, 0.05) is 16.1 Å². The first-order valence-corrected chi connectivity index (χ1v) is 5.77. The molecule has 0 heterocycles. The Labute approximate surface area is 114 Å². The molecule has 0 amide bonds. The first-order valence-electron chi connectivity index (χ1n) is 5.39. The molecule has 0 aliphatic heterocycles. The van der Waals surface area contributed by atoms with Crippen molar-refractivity contribution >= 4 is 17.6 Å². The number of carbonyl (C=O) groups is 1. The molecule has 0 aliphatic carbocycles. The maximum atomic E-state index is 13.9. The molecule has 1 N–H and O–H groups in total. The molecule has 0 saturated carbocycles. The molecule has 2 aromatic rings. The number of benzene rings is 2. The van der Waals surface area contributed by atoms with E-state index in [1.807, 2.05) is 0 Å². The summed E-state index contributed by atoms with van der Waals surface area (Å²) < 4.78 is 19.0. The number of carboxylic acids is 1. The molecule has 19 heavy (non-hydrogen) atoms. The van der Waals surface area contributed by atoms with E-state index in [-0.39, 0.29) is 11.1 Å². The average molecular weight is 281 g/mol. The van der Waals surface area contributed by atoms with Crippen LogP contribution in [-0.4, -0.2) is 18.2 Å². The van der Waals surface area contributed by atoms with Crippen LogP contribution in [0.5, 0.6) is 5.75 Å². The van der Waals surface area contributed by atoms with Crippen molar-refractivity contribution < 1.29 is 19.0 Å². The Morgan fingerprint density at radius 1 is 1.21 bits per heavy atom. The summed E-state index contributed by atoms with van der Waals surface area (Å²) >= 11 is 5.88. The Bertz CT molecular complexity index is 641. The predicted molar refractivity (Wildman–Crippen MR) is 70.4 cm³/mol. The van der Waals surface area contributed by atoms with E-state index in [1.165, 1.54) is 25.3 Å². The van der Waals surface area contributed by atoms with Crippen molar-refractivity contribution in [3.8, 4) is 16.9 Å². The molecule has 0 bridgehead atoms. The number of hydrogen-bond donors (Lipinski definition) is 1. The van der Waals surface area contributed by atoms with Crippen LogP contribution in [0.3, 0.4) is 0 Å². The molecule has 0 aromatic heterocycles. The van der Waals surface area contributed by atoms with Crippen LogP contribution in [0.1, 0.15) is 10.4 Å². The highest BCUT2D eigenvalue weighted by Gasteiger charge is 2.14. The van der Waals surface area contributed by atoms with Crippen molar-refractivity contribution in [3.63, 3.8) is 0 Å². The number of methoxy groups -OCH3 is 1. The molecule has 0 atom stereocenters. The maximum Gasteiger partial charge on any atom is 0.335 e. The second kappa shape index (κ2) is 5.28. The average Bonchev–Trinajstić information content (AvgIpc) is 2.39. The molecule has 0 fully saturated rings. The molecule has 0 radical (unpaired) electrons. The minimum atomic E-state index is -1.12. The summed E-state index contributed by atoms with van der Waals surface area (Å²) in [6, 6.07) is 8.32. The van der Waals surface area contributed by atoms with Gasteiger partial charge in [-0.3, -0.25) is 0 Å². The summed E-state index contributed by atoms with van der Waals surface area (Å²) in [5.41, 5.74) is 0.549. The van der Waals surface area contributed by atoms with Crippen molar-refractivity contribution in [3.05, 3.63) is 52.8 Å². The third-order valence-corrected chi connectivity index (χ3v) is 2.90. The Morgan fingerprint density at radius 3 is 2.58 bits per heavy atom. The third-order valence-electron chi connectivity index (χ3n) is 2.67. The molecule has 3 nitrogen and oxygen atoms in total. The molecular weight excluding hydrogens is 271 g/mol. The van der Waals surface area contributed by atoms with Gasteiger partial charge in [-0.25, -0.2) is 9.18 Å². The summed E-state index contributed by atoms with van der Waals surface area (Å²) in [6.45, 7) is 0. The minimum Gasteiger partial charge on any atom is -0.496 e. The second-order valence-electron chi connectivity index (χ2n) is 3.84. The number of hydrogen-bond acceptors (Lipinski definition) is 2. The fraction of sp³-hybridized carbons (Fsp3) is 0.0714. The zero-order valence-electron chi connectivity index (χ0n) is 9.98. The molecule has 0 aliphatic rings. The molecule has 5 heteroatoms. The first kappa shape index (κ1) is 13.4. The molecule has 0 spiro atoms. The fourth-order valence-corrected chi connectivity index (χ4v) is 1.93. The van der Waals surface area contributed by atoms with Crippen LogP contribution in [0, 0.1) is 5.82 Å². The Hall–Kier alpha value is -2.07.